The summed E-state index contributed by atoms with van der Waals surface area (Å²) in [5.41, 5.74) is 1.42. The Morgan fingerprint density at radius 3 is 2.62 bits per heavy atom. The van der Waals surface area contributed by atoms with Crippen molar-refractivity contribution in [2.45, 2.75) is 57.7 Å². The molecule has 1 aliphatic heterocycles. The minimum Gasteiger partial charge on any atom is -0.354 e. The molecule has 0 fully saturated rings. The van der Waals surface area contributed by atoms with E-state index in [2.05, 4.69) is 36.4 Å². The summed E-state index contributed by atoms with van der Waals surface area (Å²) in [5.74, 6) is -1.54. The molecule has 0 unspecified atom stereocenters. The van der Waals surface area contributed by atoms with Crippen LogP contribution in [0.25, 0.3) is 0 Å². The smallest absolute Gasteiger partial charge is 0.271 e. The van der Waals surface area contributed by atoms with Crippen molar-refractivity contribution < 1.29 is 19.2 Å². The van der Waals surface area contributed by atoms with Gasteiger partial charge in [-0.25, -0.2) is 4.98 Å². The molecule has 0 aliphatic carbocycles. The standard InChI is InChI=1S/C27H33N7O4S/c1-16(2)22-27-33-21(15-39-27)26(38)32-20(12-17-8-4-3-5-9-17)24(36)28-11-7-6-10-19(25(37)34-22)31-23(35)18-13-29-30-14-18/h3-5,8-9,13-16,19-20,22H,6-7,10-12H2,1-2H3,(H,28,36)(H,29,30)(H,31,35)(H,32,38)(H,34,37)/t19-,20+,22+/m0/s1. The molecule has 4 rings (SSSR count). The highest BCUT2D eigenvalue weighted by molar-refractivity contribution is 7.09. The van der Waals surface area contributed by atoms with E-state index in [4.69, 9.17) is 0 Å². The minimum absolute atomic E-state index is 0.0308. The third kappa shape index (κ3) is 7.50. The second-order valence-electron chi connectivity index (χ2n) is 9.82. The SMILES string of the molecule is CC(C)[C@H]1NC(=O)[C@@H](NC(=O)c2cn[nH]c2)CCCCNC(=O)[C@@H](Cc2ccccc2)NC(=O)c2csc1n2. The molecule has 206 valence electrons. The van der Waals surface area contributed by atoms with E-state index in [1.165, 1.54) is 23.7 Å². The Bertz CT molecular complexity index is 1280. The Labute approximate surface area is 230 Å². The fraction of sp³-hybridized carbons (Fsp3) is 0.407. The first-order valence-electron chi connectivity index (χ1n) is 13.0. The molecule has 0 radical (unpaired) electrons. The number of thiazole rings is 1. The zero-order valence-corrected chi connectivity index (χ0v) is 22.7. The molecule has 0 saturated heterocycles. The molecule has 39 heavy (non-hydrogen) atoms. The number of carbonyl (C=O) groups excluding carboxylic acids is 4. The van der Waals surface area contributed by atoms with Gasteiger partial charge in [0.1, 0.15) is 22.8 Å². The van der Waals surface area contributed by atoms with Gasteiger partial charge in [0.25, 0.3) is 11.8 Å². The monoisotopic (exact) mass is 551 g/mol. The average Bonchev–Trinajstić information content (AvgIpc) is 3.63. The number of H-pyrrole nitrogens is 1. The van der Waals surface area contributed by atoms with Gasteiger partial charge in [0.2, 0.25) is 11.8 Å². The molecule has 4 amide bonds. The topological polar surface area (TPSA) is 158 Å². The summed E-state index contributed by atoms with van der Waals surface area (Å²) in [6.07, 6.45) is 4.73. The lowest BCUT2D eigenvalue weighted by atomic mass is 10.0. The van der Waals surface area contributed by atoms with Crippen LogP contribution in [0.5, 0.6) is 0 Å². The summed E-state index contributed by atoms with van der Waals surface area (Å²) >= 11 is 1.26. The van der Waals surface area contributed by atoms with Crippen molar-refractivity contribution in [1.82, 2.24) is 36.4 Å². The number of carbonyl (C=O) groups is 4. The van der Waals surface area contributed by atoms with E-state index < -0.39 is 29.9 Å². The lowest BCUT2D eigenvalue weighted by molar-refractivity contribution is -0.124. The highest BCUT2D eigenvalue weighted by Gasteiger charge is 2.29. The first kappa shape index (κ1) is 28.0. The fourth-order valence-electron chi connectivity index (χ4n) is 4.29. The highest BCUT2D eigenvalue weighted by atomic mass is 32.1. The summed E-state index contributed by atoms with van der Waals surface area (Å²) in [7, 11) is 0. The van der Waals surface area contributed by atoms with E-state index in [1.54, 1.807) is 5.38 Å². The number of aromatic amines is 1. The van der Waals surface area contributed by atoms with Crippen LogP contribution in [-0.2, 0) is 16.0 Å². The molecular formula is C27H33N7O4S. The van der Waals surface area contributed by atoms with Gasteiger partial charge < -0.3 is 21.3 Å². The van der Waals surface area contributed by atoms with Gasteiger partial charge in [-0.3, -0.25) is 24.3 Å². The molecule has 2 bridgehead atoms. The van der Waals surface area contributed by atoms with Gasteiger partial charge >= 0.3 is 0 Å². The number of nitrogens with one attached hydrogen (secondary N) is 5. The molecule has 2 aromatic heterocycles. The van der Waals surface area contributed by atoms with Crippen molar-refractivity contribution in [3.05, 3.63) is 69.9 Å². The van der Waals surface area contributed by atoms with E-state index in [0.29, 0.717) is 42.8 Å². The van der Waals surface area contributed by atoms with Gasteiger partial charge in [0.05, 0.1) is 17.8 Å². The van der Waals surface area contributed by atoms with Crippen LogP contribution in [0, 0.1) is 5.92 Å². The van der Waals surface area contributed by atoms with Crippen LogP contribution in [0.1, 0.15) is 70.6 Å². The van der Waals surface area contributed by atoms with E-state index in [1.807, 2.05) is 44.2 Å². The van der Waals surface area contributed by atoms with Gasteiger partial charge in [0, 0.05) is 24.5 Å². The van der Waals surface area contributed by atoms with Crippen LogP contribution in [-0.4, -0.2) is 57.4 Å². The molecule has 12 heteroatoms. The van der Waals surface area contributed by atoms with E-state index >= 15 is 0 Å². The van der Waals surface area contributed by atoms with Crippen LogP contribution in [0.2, 0.25) is 0 Å². The number of hydrogen-bond acceptors (Lipinski definition) is 7. The number of amides is 4. The molecule has 3 atom stereocenters. The third-order valence-corrected chi connectivity index (χ3v) is 7.42. The quantitative estimate of drug-likeness (QED) is 0.327. The number of rotatable bonds is 5. The fourth-order valence-corrected chi connectivity index (χ4v) is 5.31. The Hall–Kier alpha value is -4.06. The van der Waals surface area contributed by atoms with E-state index in [0.717, 1.165) is 5.56 Å². The van der Waals surface area contributed by atoms with E-state index in [-0.39, 0.29) is 23.4 Å². The normalized spacial score (nSPS) is 21.1. The zero-order valence-electron chi connectivity index (χ0n) is 21.9. The lowest BCUT2D eigenvalue weighted by Gasteiger charge is -2.25. The maximum Gasteiger partial charge on any atom is 0.271 e. The molecule has 1 aliphatic rings. The van der Waals surface area contributed by atoms with Crippen molar-refractivity contribution in [3.8, 4) is 0 Å². The van der Waals surface area contributed by atoms with E-state index in [9.17, 15) is 19.2 Å². The molecule has 1 aromatic carbocycles. The van der Waals surface area contributed by atoms with Gasteiger partial charge in [0.15, 0.2) is 0 Å². The molecule has 3 heterocycles. The molecule has 0 saturated carbocycles. The molecule has 3 aromatic rings. The molecular weight excluding hydrogens is 518 g/mol. The second-order valence-corrected chi connectivity index (χ2v) is 10.7. The average molecular weight is 552 g/mol. The van der Waals surface area contributed by atoms with Crippen molar-refractivity contribution in [3.63, 3.8) is 0 Å². The maximum atomic E-state index is 13.4. The predicted molar refractivity (Wildman–Crippen MR) is 146 cm³/mol. The number of benzene rings is 1. The van der Waals surface area contributed by atoms with Crippen molar-refractivity contribution >= 4 is 35.0 Å². The summed E-state index contributed by atoms with van der Waals surface area (Å²) in [6.45, 7) is 4.26. The first-order valence-corrected chi connectivity index (χ1v) is 13.9. The Morgan fingerprint density at radius 2 is 1.90 bits per heavy atom. The van der Waals surface area contributed by atoms with Crippen molar-refractivity contribution in [2.24, 2.45) is 5.92 Å². The number of nitrogens with zero attached hydrogens (tertiary/aromatic N) is 2. The van der Waals surface area contributed by atoms with Crippen molar-refractivity contribution in [2.75, 3.05) is 6.54 Å². The lowest BCUT2D eigenvalue weighted by Crippen LogP contribution is -2.49. The second kappa shape index (κ2) is 13.1. The summed E-state index contributed by atoms with van der Waals surface area (Å²) in [6, 6.07) is 7.45. The molecule has 0 spiro atoms. The van der Waals surface area contributed by atoms with Crippen LogP contribution >= 0.6 is 11.3 Å². The predicted octanol–water partition coefficient (Wildman–Crippen LogP) is 2.12. The maximum absolute atomic E-state index is 13.4. The van der Waals surface area contributed by atoms with Gasteiger partial charge in [-0.15, -0.1) is 11.3 Å². The largest absolute Gasteiger partial charge is 0.354 e. The van der Waals surface area contributed by atoms with Gasteiger partial charge in [-0.1, -0.05) is 44.2 Å². The van der Waals surface area contributed by atoms with Crippen molar-refractivity contribution in [1.29, 1.82) is 0 Å². The highest BCUT2D eigenvalue weighted by Crippen LogP contribution is 2.26. The third-order valence-electron chi connectivity index (χ3n) is 6.49. The Balaban J connectivity index is 1.57. The Morgan fingerprint density at radius 1 is 1.10 bits per heavy atom. The number of aromatic nitrogens is 3. The summed E-state index contributed by atoms with van der Waals surface area (Å²) in [4.78, 5) is 56.8. The first-order chi connectivity index (χ1) is 18.8. The minimum atomic E-state index is -0.800. The Kier molecular flexibility index (Phi) is 9.42. The van der Waals surface area contributed by atoms with Gasteiger partial charge in [-0.05, 0) is 30.7 Å². The number of hydrogen-bond donors (Lipinski definition) is 5. The summed E-state index contributed by atoms with van der Waals surface area (Å²) < 4.78 is 0. The molecule has 11 nitrogen and oxygen atoms in total. The summed E-state index contributed by atoms with van der Waals surface area (Å²) in [5, 5.41) is 20.2. The van der Waals surface area contributed by atoms with Crippen LogP contribution in [0.3, 0.4) is 0 Å². The zero-order chi connectivity index (χ0) is 27.8. The van der Waals surface area contributed by atoms with Crippen LogP contribution in [0.4, 0.5) is 0 Å². The number of fused-ring (bicyclic) bond motifs is 2. The van der Waals surface area contributed by atoms with Gasteiger partial charge in [-0.2, -0.15) is 5.10 Å². The van der Waals surface area contributed by atoms with Crippen LogP contribution in [0.15, 0.2) is 48.1 Å². The van der Waals surface area contributed by atoms with Crippen LogP contribution < -0.4 is 21.3 Å². The molecule has 5 N–H and O–H groups in total.